The van der Waals surface area contributed by atoms with E-state index < -0.39 is 63.6 Å². The van der Waals surface area contributed by atoms with Crippen molar-refractivity contribution in [2.24, 2.45) is 0 Å². The lowest BCUT2D eigenvalue weighted by atomic mass is 9.84. The number of hydrogen-bond donors (Lipinski definition) is 1. The molecule has 32 heavy (non-hydrogen) atoms. The average molecular weight is 480 g/mol. The number of methoxy groups -OCH3 is 1. The molecule has 0 radical (unpaired) electrons. The van der Waals surface area contributed by atoms with Crippen molar-refractivity contribution in [2.45, 2.75) is 17.8 Å². The van der Waals surface area contributed by atoms with Gasteiger partial charge in [-0.3, -0.25) is 9.78 Å². The predicted molar refractivity (Wildman–Crippen MR) is 97.3 cm³/mol. The van der Waals surface area contributed by atoms with E-state index >= 15 is 0 Å². The van der Waals surface area contributed by atoms with Gasteiger partial charge in [-0.1, -0.05) is 23.7 Å². The first-order valence-corrected chi connectivity index (χ1v) is 8.83. The quantitative estimate of drug-likeness (QED) is 0.514. The second-order valence-electron chi connectivity index (χ2n) is 6.29. The van der Waals surface area contributed by atoms with Crippen LogP contribution in [-0.2, 0) is 27.3 Å². The summed E-state index contributed by atoms with van der Waals surface area (Å²) < 4.78 is 82.6. The fourth-order valence-corrected chi connectivity index (χ4v) is 3.04. The highest BCUT2D eigenvalue weighted by Crippen LogP contribution is 2.36. The van der Waals surface area contributed by atoms with Crippen LogP contribution in [-0.4, -0.2) is 30.5 Å². The second-order valence-corrected chi connectivity index (χ2v) is 6.69. The van der Waals surface area contributed by atoms with Crippen LogP contribution in [0.4, 0.5) is 26.3 Å². The molecule has 0 spiro atoms. The van der Waals surface area contributed by atoms with Crippen LogP contribution < -0.4 is 5.32 Å². The van der Waals surface area contributed by atoms with Gasteiger partial charge in [-0.25, -0.2) is 4.79 Å². The molecule has 1 amide bonds. The zero-order valence-corrected chi connectivity index (χ0v) is 16.7. The third-order valence-corrected chi connectivity index (χ3v) is 4.58. The number of carbonyl (C=O) groups is 2. The van der Waals surface area contributed by atoms with E-state index in [4.69, 9.17) is 11.6 Å². The molecule has 1 atom stereocenters. The minimum atomic E-state index is -4.87. The van der Waals surface area contributed by atoms with Crippen molar-refractivity contribution in [3.63, 3.8) is 0 Å². The van der Waals surface area contributed by atoms with Gasteiger partial charge in [0.2, 0.25) is 5.41 Å². The summed E-state index contributed by atoms with van der Waals surface area (Å²) in [5.74, 6) is -2.65. The van der Waals surface area contributed by atoms with Crippen LogP contribution in [0.1, 0.15) is 27.2 Å². The van der Waals surface area contributed by atoms with Gasteiger partial charge in [-0.2, -0.15) is 31.6 Å². The Morgan fingerprint density at radius 2 is 1.78 bits per heavy atom. The standard InChI is InChI=1S/C19H12ClF6N3O3/c1-32-16(31)17(8-27,14-13(20)6-10(7-28-14)18(21,22)23)9-29-15(30)11-4-2-3-5-12(11)19(24,25)26/h2-7H,9H2,1H3,(H,29,30). The lowest BCUT2D eigenvalue weighted by Gasteiger charge is -2.25. The van der Waals surface area contributed by atoms with Gasteiger partial charge in [0.05, 0.1) is 47.1 Å². The van der Waals surface area contributed by atoms with Crippen molar-refractivity contribution in [3.05, 3.63) is 63.9 Å². The highest BCUT2D eigenvalue weighted by molar-refractivity contribution is 6.31. The minimum absolute atomic E-state index is 0.316. The van der Waals surface area contributed by atoms with Crippen molar-refractivity contribution in [2.75, 3.05) is 13.7 Å². The van der Waals surface area contributed by atoms with Crippen LogP contribution >= 0.6 is 11.6 Å². The number of nitrogens with zero attached hydrogens (tertiary/aromatic N) is 2. The Morgan fingerprint density at radius 3 is 2.28 bits per heavy atom. The molecule has 13 heteroatoms. The number of benzene rings is 1. The van der Waals surface area contributed by atoms with Gasteiger partial charge in [0.15, 0.2) is 0 Å². The molecule has 1 heterocycles. The minimum Gasteiger partial charge on any atom is -0.467 e. The zero-order valence-electron chi connectivity index (χ0n) is 15.9. The summed E-state index contributed by atoms with van der Waals surface area (Å²) in [6, 6.07) is 5.65. The monoisotopic (exact) mass is 479 g/mol. The normalized spacial score (nSPS) is 13.6. The second kappa shape index (κ2) is 9.04. The van der Waals surface area contributed by atoms with Gasteiger partial charge in [0, 0.05) is 6.20 Å². The molecule has 1 N–H and O–H groups in total. The van der Waals surface area contributed by atoms with Crippen LogP contribution in [0.25, 0.3) is 0 Å². The molecule has 2 aromatic rings. The van der Waals surface area contributed by atoms with Gasteiger partial charge < -0.3 is 10.1 Å². The maximum atomic E-state index is 13.2. The fourth-order valence-electron chi connectivity index (χ4n) is 2.71. The van der Waals surface area contributed by atoms with Gasteiger partial charge >= 0.3 is 18.3 Å². The highest BCUT2D eigenvalue weighted by atomic mass is 35.5. The van der Waals surface area contributed by atoms with E-state index in [1.807, 2.05) is 5.32 Å². The van der Waals surface area contributed by atoms with Gasteiger partial charge in [0.1, 0.15) is 0 Å². The van der Waals surface area contributed by atoms with Crippen molar-refractivity contribution in [3.8, 4) is 6.07 Å². The molecule has 0 saturated carbocycles. The molecule has 1 aromatic carbocycles. The lowest BCUT2D eigenvalue weighted by molar-refractivity contribution is -0.145. The van der Waals surface area contributed by atoms with E-state index in [2.05, 4.69) is 9.72 Å². The number of esters is 1. The summed E-state index contributed by atoms with van der Waals surface area (Å²) in [6.07, 6.45) is -9.39. The first kappa shape index (κ1) is 24.9. The number of rotatable bonds is 5. The van der Waals surface area contributed by atoms with Crippen LogP contribution in [0, 0.1) is 11.3 Å². The molecule has 6 nitrogen and oxygen atoms in total. The first-order valence-electron chi connectivity index (χ1n) is 8.45. The molecule has 0 fully saturated rings. The Balaban J connectivity index is 2.48. The smallest absolute Gasteiger partial charge is 0.417 e. The van der Waals surface area contributed by atoms with Crippen LogP contribution in [0.2, 0.25) is 5.02 Å². The molecule has 1 unspecified atom stereocenters. The first-order chi connectivity index (χ1) is 14.8. The van der Waals surface area contributed by atoms with E-state index in [0.717, 1.165) is 25.3 Å². The van der Waals surface area contributed by atoms with Gasteiger partial charge in [0.25, 0.3) is 5.91 Å². The molecule has 0 aliphatic carbocycles. The number of nitrogens with one attached hydrogen (secondary N) is 1. The molecule has 2 rings (SSSR count). The molecular weight excluding hydrogens is 468 g/mol. The number of amides is 1. The Labute approximate surface area is 181 Å². The predicted octanol–water partition coefficient (Wildman–Crippen LogP) is 4.14. The van der Waals surface area contributed by atoms with Crippen molar-refractivity contribution in [1.29, 1.82) is 5.26 Å². The SMILES string of the molecule is COC(=O)C(C#N)(CNC(=O)c1ccccc1C(F)(F)F)c1ncc(C(F)(F)F)cc1Cl. The largest absolute Gasteiger partial charge is 0.467 e. The van der Waals surface area contributed by atoms with Crippen LogP contribution in [0.5, 0.6) is 0 Å². The number of carbonyl (C=O) groups excluding carboxylic acids is 2. The van der Waals surface area contributed by atoms with E-state index in [0.29, 0.717) is 18.3 Å². The number of pyridine rings is 1. The number of ether oxygens (including phenoxy) is 1. The number of alkyl halides is 6. The van der Waals surface area contributed by atoms with Crippen molar-refractivity contribution < 1.29 is 40.7 Å². The summed E-state index contributed by atoms with van der Waals surface area (Å²) in [5, 5.41) is 10.9. The van der Waals surface area contributed by atoms with Crippen molar-refractivity contribution >= 4 is 23.5 Å². The summed E-state index contributed by atoms with van der Waals surface area (Å²) >= 11 is 5.83. The van der Waals surface area contributed by atoms with E-state index in [-0.39, 0.29) is 0 Å². The van der Waals surface area contributed by atoms with Gasteiger partial charge in [-0.15, -0.1) is 0 Å². The summed E-state index contributed by atoms with van der Waals surface area (Å²) in [6.45, 7) is -0.987. The van der Waals surface area contributed by atoms with E-state index in [9.17, 15) is 41.2 Å². The average Bonchev–Trinajstić information content (AvgIpc) is 2.73. The Kier molecular flexibility index (Phi) is 7.04. The molecule has 0 bridgehead atoms. The number of nitriles is 1. The summed E-state index contributed by atoms with van der Waals surface area (Å²) in [5.41, 5.74) is -6.57. The molecule has 170 valence electrons. The number of aromatic nitrogens is 1. The summed E-state index contributed by atoms with van der Waals surface area (Å²) in [4.78, 5) is 28.2. The Bertz CT molecular complexity index is 1080. The molecule has 0 aliphatic heterocycles. The third kappa shape index (κ3) is 4.94. The van der Waals surface area contributed by atoms with Crippen LogP contribution in [0.3, 0.4) is 0 Å². The zero-order chi connectivity index (χ0) is 24.3. The Hall–Kier alpha value is -3.33. The lowest BCUT2D eigenvalue weighted by Crippen LogP contribution is -2.47. The number of hydrogen-bond acceptors (Lipinski definition) is 5. The highest BCUT2D eigenvalue weighted by Gasteiger charge is 2.47. The topological polar surface area (TPSA) is 92.1 Å². The van der Waals surface area contributed by atoms with E-state index in [1.165, 1.54) is 6.07 Å². The summed E-state index contributed by atoms with van der Waals surface area (Å²) in [7, 11) is 0.854. The van der Waals surface area contributed by atoms with Crippen molar-refractivity contribution in [1.82, 2.24) is 10.3 Å². The van der Waals surface area contributed by atoms with E-state index in [1.54, 1.807) is 0 Å². The molecule has 1 aromatic heterocycles. The molecular formula is C19H12ClF6N3O3. The van der Waals surface area contributed by atoms with Crippen LogP contribution in [0.15, 0.2) is 36.5 Å². The Morgan fingerprint density at radius 1 is 1.16 bits per heavy atom. The molecule has 0 saturated heterocycles. The maximum absolute atomic E-state index is 13.2. The number of halogens is 7. The third-order valence-electron chi connectivity index (χ3n) is 4.29. The van der Waals surface area contributed by atoms with Gasteiger partial charge in [-0.05, 0) is 18.2 Å². The molecule has 0 aliphatic rings. The maximum Gasteiger partial charge on any atom is 0.417 e. The fraction of sp³-hybridized carbons (Fsp3) is 0.263.